The molecule has 138 valence electrons. The number of methoxy groups -OCH3 is 1. The third-order valence-corrected chi connectivity index (χ3v) is 5.43. The molecule has 0 unspecified atom stereocenters. The minimum absolute atomic E-state index is 0.524. The van der Waals surface area contributed by atoms with E-state index in [2.05, 4.69) is 27.4 Å². The van der Waals surface area contributed by atoms with E-state index in [-0.39, 0.29) is 0 Å². The SMILES string of the molecule is COc1ccc2cc(-c3cnc4ccc(NC5CCCCC5)nn34)[nH]c2c1. The van der Waals surface area contributed by atoms with Crippen LogP contribution in [0.25, 0.3) is 27.9 Å². The first-order valence-electron chi connectivity index (χ1n) is 9.58. The molecular formula is C21H23N5O. The molecule has 0 amide bonds. The predicted octanol–water partition coefficient (Wildman–Crippen LogP) is 4.63. The zero-order valence-electron chi connectivity index (χ0n) is 15.4. The van der Waals surface area contributed by atoms with Crippen molar-refractivity contribution in [3.05, 3.63) is 42.6 Å². The number of ether oxygens (including phenoxy) is 1. The molecule has 0 atom stereocenters. The van der Waals surface area contributed by atoms with Gasteiger partial charge in [-0.1, -0.05) is 19.3 Å². The van der Waals surface area contributed by atoms with Crippen molar-refractivity contribution in [1.29, 1.82) is 0 Å². The van der Waals surface area contributed by atoms with E-state index in [1.165, 1.54) is 32.1 Å². The van der Waals surface area contributed by atoms with E-state index in [0.29, 0.717) is 6.04 Å². The second kappa shape index (κ2) is 6.61. The first kappa shape index (κ1) is 16.2. The van der Waals surface area contributed by atoms with Gasteiger partial charge in [-0.15, -0.1) is 5.10 Å². The van der Waals surface area contributed by atoms with Gasteiger partial charge in [-0.2, -0.15) is 0 Å². The molecule has 1 aromatic carbocycles. The first-order valence-corrected chi connectivity index (χ1v) is 9.58. The van der Waals surface area contributed by atoms with Crippen LogP contribution in [0.15, 0.2) is 42.6 Å². The molecule has 0 bridgehead atoms. The fourth-order valence-electron chi connectivity index (χ4n) is 3.96. The van der Waals surface area contributed by atoms with Gasteiger partial charge < -0.3 is 15.0 Å². The van der Waals surface area contributed by atoms with Crippen LogP contribution >= 0.6 is 0 Å². The zero-order valence-corrected chi connectivity index (χ0v) is 15.4. The summed E-state index contributed by atoms with van der Waals surface area (Å²) in [4.78, 5) is 7.98. The van der Waals surface area contributed by atoms with Crippen molar-refractivity contribution < 1.29 is 4.74 Å². The van der Waals surface area contributed by atoms with E-state index in [9.17, 15) is 0 Å². The highest BCUT2D eigenvalue weighted by Crippen LogP contribution is 2.28. The predicted molar refractivity (Wildman–Crippen MR) is 107 cm³/mol. The van der Waals surface area contributed by atoms with E-state index >= 15 is 0 Å². The van der Waals surface area contributed by atoms with Crippen molar-refractivity contribution >= 4 is 22.4 Å². The summed E-state index contributed by atoms with van der Waals surface area (Å²) in [7, 11) is 1.68. The highest BCUT2D eigenvalue weighted by molar-refractivity contribution is 5.86. The summed E-state index contributed by atoms with van der Waals surface area (Å²) in [5.41, 5.74) is 3.83. The van der Waals surface area contributed by atoms with Gasteiger partial charge >= 0.3 is 0 Å². The number of fused-ring (bicyclic) bond motifs is 2. The van der Waals surface area contributed by atoms with Gasteiger partial charge in [0.15, 0.2) is 5.65 Å². The Balaban J connectivity index is 1.51. The number of anilines is 1. The van der Waals surface area contributed by atoms with Crippen molar-refractivity contribution in [3.63, 3.8) is 0 Å². The Morgan fingerprint density at radius 1 is 1.11 bits per heavy atom. The Bertz CT molecular complexity index is 1090. The molecule has 3 heterocycles. The van der Waals surface area contributed by atoms with Gasteiger partial charge in [0, 0.05) is 23.0 Å². The molecular weight excluding hydrogens is 338 g/mol. The Morgan fingerprint density at radius 3 is 2.85 bits per heavy atom. The van der Waals surface area contributed by atoms with Gasteiger partial charge in [-0.05, 0) is 43.2 Å². The average Bonchev–Trinajstić information content (AvgIpc) is 3.31. The van der Waals surface area contributed by atoms with Crippen LogP contribution in [0, 0.1) is 0 Å². The minimum atomic E-state index is 0.524. The second-order valence-corrected chi connectivity index (χ2v) is 7.25. The summed E-state index contributed by atoms with van der Waals surface area (Å²) in [5, 5.41) is 9.54. The number of imidazole rings is 1. The maximum atomic E-state index is 5.32. The fraction of sp³-hybridized carbons (Fsp3) is 0.333. The lowest BCUT2D eigenvalue weighted by Gasteiger charge is -2.23. The lowest BCUT2D eigenvalue weighted by atomic mass is 9.95. The largest absolute Gasteiger partial charge is 0.497 e. The second-order valence-electron chi connectivity index (χ2n) is 7.25. The van der Waals surface area contributed by atoms with Gasteiger partial charge in [0.1, 0.15) is 17.3 Å². The maximum absolute atomic E-state index is 5.32. The average molecular weight is 361 g/mol. The van der Waals surface area contributed by atoms with Crippen LogP contribution < -0.4 is 10.1 Å². The third kappa shape index (κ3) is 3.01. The van der Waals surface area contributed by atoms with E-state index in [1.807, 2.05) is 35.0 Å². The topological polar surface area (TPSA) is 67.2 Å². The Hall–Kier alpha value is -3.02. The molecule has 1 fully saturated rings. The van der Waals surface area contributed by atoms with Crippen molar-refractivity contribution in [2.24, 2.45) is 0 Å². The van der Waals surface area contributed by atoms with Crippen LogP contribution in [-0.2, 0) is 0 Å². The Labute approximate surface area is 157 Å². The van der Waals surface area contributed by atoms with Gasteiger partial charge in [0.25, 0.3) is 0 Å². The molecule has 27 heavy (non-hydrogen) atoms. The lowest BCUT2D eigenvalue weighted by molar-refractivity contribution is 0.415. The molecule has 1 saturated carbocycles. The first-order chi connectivity index (χ1) is 13.3. The molecule has 6 heteroatoms. The summed E-state index contributed by atoms with van der Waals surface area (Å²) in [6.45, 7) is 0. The number of rotatable bonds is 4. The summed E-state index contributed by atoms with van der Waals surface area (Å²) in [5.74, 6) is 1.75. The smallest absolute Gasteiger partial charge is 0.154 e. The monoisotopic (exact) mass is 361 g/mol. The highest BCUT2D eigenvalue weighted by Gasteiger charge is 2.15. The van der Waals surface area contributed by atoms with E-state index in [4.69, 9.17) is 9.84 Å². The van der Waals surface area contributed by atoms with E-state index < -0.39 is 0 Å². The van der Waals surface area contributed by atoms with Crippen molar-refractivity contribution in [2.75, 3.05) is 12.4 Å². The molecule has 0 aliphatic heterocycles. The molecule has 4 aromatic rings. The Kier molecular flexibility index (Phi) is 3.96. The van der Waals surface area contributed by atoms with Gasteiger partial charge in [0.2, 0.25) is 0 Å². The molecule has 0 radical (unpaired) electrons. The number of aromatic nitrogens is 4. The van der Waals surface area contributed by atoms with Crippen LogP contribution in [0.3, 0.4) is 0 Å². The van der Waals surface area contributed by atoms with E-state index in [1.54, 1.807) is 7.11 Å². The van der Waals surface area contributed by atoms with Gasteiger partial charge in [-0.3, -0.25) is 0 Å². The number of nitrogens with one attached hydrogen (secondary N) is 2. The lowest BCUT2D eigenvalue weighted by Crippen LogP contribution is -2.23. The number of benzene rings is 1. The highest BCUT2D eigenvalue weighted by atomic mass is 16.5. The quantitative estimate of drug-likeness (QED) is 0.556. The normalized spacial score (nSPS) is 15.4. The van der Waals surface area contributed by atoms with Crippen molar-refractivity contribution in [3.8, 4) is 17.1 Å². The molecule has 1 aliphatic carbocycles. The minimum Gasteiger partial charge on any atom is -0.497 e. The number of aromatic amines is 1. The summed E-state index contributed by atoms with van der Waals surface area (Å²) in [6.07, 6.45) is 8.26. The standard InChI is InChI=1S/C21H23N5O/c1-27-16-8-7-14-11-18(24-17(14)12-16)19-13-22-21-10-9-20(25-26(19)21)23-15-5-3-2-4-6-15/h7-13,15,24H,2-6H2,1H3,(H,23,25). The molecule has 6 nitrogen and oxygen atoms in total. The number of nitrogens with zero attached hydrogens (tertiary/aromatic N) is 3. The van der Waals surface area contributed by atoms with Gasteiger partial charge in [0.05, 0.1) is 19.0 Å². The van der Waals surface area contributed by atoms with Crippen LogP contribution in [-0.4, -0.2) is 32.7 Å². The molecule has 1 aliphatic rings. The summed E-state index contributed by atoms with van der Waals surface area (Å²) >= 11 is 0. The molecule has 5 rings (SSSR count). The number of H-pyrrole nitrogens is 1. The van der Waals surface area contributed by atoms with E-state index in [0.717, 1.165) is 39.5 Å². The molecule has 2 N–H and O–H groups in total. The van der Waals surface area contributed by atoms with Crippen LogP contribution in [0.5, 0.6) is 5.75 Å². The zero-order chi connectivity index (χ0) is 18.2. The van der Waals surface area contributed by atoms with Crippen LogP contribution in [0.2, 0.25) is 0 Å². The van der Waals surface area contributed by atoms with Crippen LogP contribution in [0.1, 0.15) is 32.1 Å². The molecule has 0 saturated heterocycles. The third-order valence-electron chi connectivity index (χ3n) is 5.43. The summed E-state index contributed by atoms with van der Waals surface area (Å²) in [6, 6.07) is 12.7. The number of hydrogen-bond donors (Lipinski definition) is 2. The maximum Gasteiger partial charge on any atom is 0.154 e. The van der Waals surface area contributed by atoms with Gasteiger partial charge in [-0.25, -0.2) is 9.50 Å². The molecule has 0 spiro atoms. The van der Waals surface area contributed by atoms with Crippen LogP contribution in [0.4, 0.5) is 5.82 Å². The van der Waals surface area contributed by atoms with Crippen molar-refractivity contribution in [2.45, 2.75) is 38.1 Å². The van der Waals surface area contributed by atoms with Crippen molar-refractivity contribution in [1.82, 2.24) is 19.6 Å². The summed E-state index contributed by atoms with van der Waals surface area (Å²) < 4.78 is 7.23. The molecule has 3 aromatic heterocycles. The Morgan fingerprint density at radius 2 is 2.00 bits per heavy atom. The fourth-order valence-corrected chi connectivity index (χ4v) is 3.96. The number of hydrogen-bond acceptors (Lipinski definition) is 4.